The Labute approximate surface area is 208 Å². The fourth-order valence-electron chi connectivity index (χ4n) is 3.51. The summed E-state index contributed by atoms with van der Waals surface area (Å²) in [4.78, 5) is 6.81. The fourth-order valence-corrected chi connectivity index (χ4v) is 3.51. The third-order valence-corrected chi connectivity index (χ3v) is 5.07. The van der Waals surface area contributed by atoms with E-state index in [0.29, 0.717) is 62.5 Å². The molecule has 1 aliphatic heterocycles. The Kier molecular flexibility index (Phi) is 13.0. The van der Waals surface area contributed by atoms with Gasteiger partial charge in [0.25, 0.3) is 0 Å². The molecule has 0 radical (unpaired) electrons. The smallest absolute Gasteiger partial charge is 0.191 e. The first-order valence-electron chi connectivity index (χ1n) is 10.8. The van der Waals surface area contributed by atoms with Gasteiger partial charge in [0, 0.05) is 50.4 Å². The third kappa shape index (κ3) is 9.16. The molecule has 0 bridgehead atoms. The van der Waals surface area contributed by atoms with E-state index in [9.17, 15) is 5.11 Å². The van der Waals surface area contributed by atoms with E-state index in [0.717, 1.165) is 25.2 Å². The number of rotatable bonds is 11. The molecule has 0 spiro atoms. The van der Waals surface area contributed by atoms with Crippen molar-refractivity contribution in [1.82, 2.24) is 15.5 Å². The van der Waals surface area contributed by atoms with Crippen LogP contribution in [0.1, 0.15) is 19.4 Å². The van der Waals surface area contributed by atoms with Gasteiger partial charge in [-0.15, -0.1) is 24.0 Å². The van der Waals surface area contributed by atoms with Gasteiger partial charge in [-0.2, -0.15) is 0 Å². The molecule has 32 heavy (non-hydrogen) atoms. The van der Waals surface area contributed by atoms with E-state index in [2.05, 4.69) is 20.5 Å². The molecule has 184 valence electrons. The number of β-amino-alcohol motifs (C(OH)–C–C–N with tert-alkyl or cyclic N) is 1. The second kappa shape index (κ2) is 14.6. The van der Waals surface area contributed by atoms with Crippen LogP contribution in [-0.2, 0) is 11.2 Å². The Morgan fingerprint density at radius 3 is 2.28 bits per heavy atom. The molecule has 1 fully saturated rings. The van der Waals surface area contributed by atoms with E-state index < -0.39 is 5.60 Å². The number of aliphatic imine (C=N–C) groups is 1. The van der Waals surface area contributed by atoms with Crippen LogP contribution in [-0.4, -0.2) is 95.4 Å². The normalized spacial score (nSPS) is 16.5. The third-order valence-electron chi connectivity index (χ3n) is 5.07. The predicted octanol–water partition coefficient (Wildman–Crippen LogP) is 1.51. The molecule has 1 unspecified atom stereocenters. The molecule has 9 nitrogen and oxygen atoms in total. The Morgan fingerprint density at radius 2 is 1.75 bits per heavy atom. The Morgan fingerprint density at radius 1 is 1.12 bits per heavy atom. The Hall–Kier alpha value is -1.50. The van der Waals surface area contributed by atoms with Gasteiger partial charge in [0.1, 0.15) is 17.2 Å². The van der Waals surface area contributed by atoms with Crippen LogP contribution < -0.4 is 24.8 Å². The molecular weight excluding hydrogens is 527 g/mol. The summed E-state index contributed by atoms with van der Waals surface area (Å²) in [7, 11) is 4.88. The molecule has 0 saturated carbocycles. The first-order chi connectivity index (χ1) is 14.9. The first kappa shape index (κ1) is 28.5. The van der Waals surface area contributed by atoms with Crippen LogP contribution in [0.5, 0.6) is 17.2 Å². The topological polar surface area (TPSA) is 96.8 Å². The second-order valence-electron chi connectivity index (χ2n) is 7.77. The van der Waals surface area contributed by atoms with Crippen molar-refractivity contribution in [1.29, 1.82) is 0 Å². The van der Waals surface area contributed by atoms with E-state index in [1.54, 1.807) is 21.3 Å². The van der Waals surface area contributed by atoms with Gasteiger partial charge in [-0.3, -0.25) is 9.89 Å². The van der Waals surface area contributed by atoms with Gasteiger partial charge in [-0.25, -0.2) is 0 Å². The number of hydrogen-bond donors (Lipinski definition) is 3. The van der Waals surface area contributed by atoms with Gasteiger partial charge >= 0.3 is 0 Å². The average molecular weight is 566 g/mol. The number of morpholine rings is 1. The lowest BCUT2D eigenvalue weighted by molar-refractivity contribution is -0.0179. The van der Waals surface area contributed by atoms with E-state index in [1.165, 1.54) is 0 Å². The van der Waals surface area contributed by atoms with Crippen molar-refractivity contribution in [2.75, 3.05) is 73.8 Å². The van der Waals surface area contributed by atoms with Gasteiger partial charge in [0.2, 0.25) is 0 Å². The van der Waals surface area contributed by atoms with E-state index >= 15 is 0 Å². The number of nitrogens with one attached hydrogen (secondary N) is 2. The molecule has 1 saturated heterocycles. The molecule has 0 aromatic heterocycles. The maximum atomic E-state index is 10.8. The van der Waals surface area contributed by atoms with Gasteiger partial charge in [0.05, 0.1) is 46.7 Å². The lowest BCUT2D eigenvalue weighted by Crippen LogP contribution is -2.48. The number of hydrogen-bond acceptors (Lipinski definition) is 7. The summed E-state index contributed by atoms with van der Waals surface area (Å²) in [5.41, 5.74) is 0.0377. The largest absolute Gasteiger partial charge is 0.496 e. The van der Waals surface area contributed by atoms with Crippen molar-refractivity contribution in [3.05, 3.63) is 17.7 Å². The van der Waals surface area contributed by atoms with Crippen LogP contribution in [0.4, 0.5) is 0 Å². The molecule has 1 heterocycles. The van der Waals surface area contributed by atoms with Crippen LogP contribution in [0.25, 0.3) is 0 Å². The van der Waals surface area contributed by atoms with Gasteiger partial charge < -0.3 is 34.7 Å². The standard InChI is InChI=1S/C22H38N4O5.HI/c1-6-23-21(25-15-22(2,27)16-26-9-11-31-12-10-26)24-8-7-18-19(29-4)13-17(28-3)14-20(18)30-5;/h13-14,27H,6-12,15-16H2,1-5H3,(H2,23,24,25);1H. The quantitative estimate of drug-likeness (QED) is 0.211. The molecular formula is C22H39IN4O5. The summed E-state index contributed by atoms with van der Waals surface area (Å²) in [6, 6.07) is 3.69. The predicted molar refractivity (Wildman–Crippen MR) is 137 cm³/mol. The number of methoxy groups -OCH3 is 3. The maximum Gasteiger partial charge on any atom is 0.191 e. The highest BCUT2D eigenvalue weighted by Gasteiger charge is 2.25. The SMILES string of the molecule is CCNC(=NCC(C)(O)CN1CCOCC1)NCCc1c(OC)cc(OC)cc1OC.I. The molecule has 3 N–H and O–H groups in total. The molecule has 2 rings (SSSR count). The zero-order valence-corrected chi connectivity index (χ0v) is 22.2. The number of aliphatic hydroxyl groups is 1. The zero-order valence-electron chi connectivity index (χ0n) is 19.9. The molecule has 10 heteroatoms. The summed E-state index contributed by atoms with van der Waals surface area (Å²) < 4.78 is 21.7. The minimum absolute atomic E-state index is 0. The highest BCUT2D eigenvalue weighted by molar-refractivity contribution is 14.0. The van der Waals surface area contributed by atoms with E-state index in [-0.39, 0.29) is 24.0 Å². The molecule has 1 aliphatic rings. The summed E-state index contributed by atoms with van der Waals surface area (Å²) in [5, 5.41) is 17.3. The van der Waals surface area contributed by atoms with Gasteiger partial charge in [-0.1, -0.05) is 0 Å². The number of halogens is 1. The highest BCUT2D eigenvalue weighted by atomic mass is 127. The van der Waals surface area contributed by atoms with Crippen molar-refractivity contribution in [2.45, 2.75) is 25.9 Å². The zero-order chi connectivity index (χ0) is 22.7. The van der Waals surface area contributed by atoms with E-state index in [1.807, 2.05) is 26.0 Å². The number of guanidine groups is 1. The van der Waals surface area contributed by atoms with Crippen LogP contribution in [0, 0.1) is 0 Å². The lowest BCUT2D eigenvalue weighted by atomic mass is 10.1. The monoisotopic (exact) mass is 566 g/mol. The molecule has 0 amide bonds. The number of ether oxygens (including phenoxy) is 4. The summed E-state index contributed by atoms with van der Waals surface area (Å²) in [5.74, 6) is 2.78. The number of nitrogens with zero attached hydrogens (tertiary/aromatic N) is 2. The molecule has 1 aromatic carbocycles. The molecule has 0 aliphatic carbocycles. The molecule has 1 aromatic rings. The summed E-state index contributed by atoms with van der Waals surface area (Å²) >= 11 is 0. The van der Waals surface area contributed by atoms with Crippen LogP contribution >= 0.6 is 24.0 Å². The van der Waals surface area contributed by atoms with Crippen molar-refractivity contribution >= 4 is 29.9 Å². The molecule has 1 atom stereocenters. The van der Waals surface area contributed by atoms with Gasteiger partial charge in [-0.05, 0) is 20.3 Å². The van der Waals surface area contributed by atoms with Gasteiger partial charge in [0.15, 0.2) is 5.96 Å². The van der Waals surface area contributed by atoms with Crippen LogP contribution in [0.3, 0.4) is 0 Å². The van der Waals surface area contributed by atoms with Crippen molar-refractivity contribution in [3.8, 4) is 17.2 Å². The number of benzene rings is 1. The van der Waals surface area contributed by atoms with Crippen molar-refractivity contribution in [3.63, 3.8) is 0 Å². The summed E-state index contributed by atoms with van der Waals surface area (Å²) in [6.07, 6.45) is 0.672. The van der Waals surface area contributed by atoms with Crippen LogP contribution in [0.2, 0.25) is 0 Å². The Balaban J connectivity index is 0.00000512. The maximum absolute atomic E-state index is 10.8. The van der Waals surface area contributed by atoms with Crippen molar-refractivity contribution in [2.24, 2.45) is 4.99 Å². The minimum Gasteiger partial charge on any atom is -0.496 e. The summed E-state index contributed by atoms with van der Waals surface area (Å²) in [6.45, 7) is 9.15. The second-order valence-corrected chi connectivity index (χ2v) is 7.77. The highest BCUT2D eigenvalue weighted by Crippen LogP contribution is 2.34. The van der Waals surface area contributed by atoms with E-state index in [4.69, 9.17) is 18.9 Å². The lowest BCUT2D eigenvalue weighted by Gasteiger charge is -2.33. The minimum atomic E-state index is -0.915. The Bertz CT molecular complexity index is 687. The van der Waals surface area contributed by atoms with Crippen LogP contribution in [0.15, 0.2) is 17.1 Å². The van der Waals surface area contributed by atoms with Crippen molar-refractivity contribution < 1.29 is 24.1 Å². The average Bonchev–Trinajstić information content (AvgIpc) is 2.77. The fraction of sp³-hybridized carbons (Fsp3) is 0.682. The first-order valence-corrected chi connectivity index (χ1v) is 10.8.